The first-order chi connectivity index (χ1) is 13.3. The van der Waals surface area contributed by atoms with Crippen LogP contribution in [0.4, 0.5) is 11.4 Å². The predicted octanol–water partition coefficient (Wildman–Crippen LogP) is 4.79. The maximum absolute atomic E-state index is 12.9. The van der Waals surface area contributed by atoms with Crippen molar-refractivity contribution in [3.05, 3.63) is 90.3 Å². The van der Waals surface area contributed by atoms with Gasteiger partial charge in [0.05, 0.1) is 11.3 Å². The van der Waals surface area contributed by atoms with Gasteiger partial charge < -0.3 is 10.2 Å². The van der Waals surface area contributed by atoms with Crippen LogP contribution in [0, 0.1) is 0 Å². The van der Waals surface area contributed by atoms with E-state index in [2.05, 4.69) is 34.6 Å². The molecule has 27 heavy (non-hydrogen) atoms. The number of para-hydroxylation sites is 1. The smallest absolute Gasteiger partial charge is 0.259 e. The van der Waals surface area contributed by atoms with Crippen LogP contribution in [0.15, 0.2) is 79.1 Å². The summed E-state index contributed by atoms with van der Waals surface area (Å²) in [5.74, 6) is -0.0378. The lowest BCUT2D eigenvalue weighted by Gasteiger charge is -2.21. The lowest BCUT2D eigenvalue weighted by molar-refractivity contribution is 0.0988. The Balaban J connectivity index is 1.60. The third kappa shape index (κ3) is 5.17. The second-order valence-electron chi connectivity index (χ2n) is 6.36. The summed E-state index contributed by atoms with van der Waals surface area (Å²) in [5, 5.41) is 3.37. The highest BCUT2D eigenvalue weighted by molar-refractivity contribution is 6.06. The van der Waals surface area contributed by atoms with Gasteiger partial charge in [0.1, 0.15) is 0 Å². The molecular formula is C23H25N3O. The number of pyridine rings is 1. The molecule has 1 heterocycles. The van der Waals surface area contributed by atoms with E-state index < -0.39 is 0 Å². The first kappa shape index (κ1) is 18.6. The highest BCUT2D eigenvalue weighted by Gasteiger charge is 2.16. The largest absolute Gasteiger partial charge is 0.384 e. The minimum Gasteiger partial charge on any atom is -0.384 e. The number of nitrogens with zero attached hydrogens (tertiary/aromatic N) is 2. The van der Waals surface area contributed by atoms with Crippen molar-refractivity contribution in [2.75, 3.05) is 23.3 Å². The second-order valence-corrected chi connectivity index (χ2v) is 6.36. The SMILES string of the molecule is CCN(C(=O)c1cncc(NCCCc2ccccc2)c1)c1ccccc1. The standard InChI is InChI=1S/C23H25N3O/c1-2-26(22-13-7-4-8-14-22)23(27)20-16-21(18-24-17-20)25-15-9-12-19-10-5-3-6-11-19/h3-8,10-11,13-14,16-18,25H,2,9,12,15H2,1H3. The molecule has 0 fully saturated rings. The molecule has 0 radical (unpaired) electrons. The maximum Gasteiger partial charge on any atom is 0.259 e. The van der Waals surface area contributed by atoms with Crippen LogP contribution >= 0.6 is 0 Å². The topological polar surface area (TPSA) is 45.2 Å². The van der Waals surface area contributed by atoms with Crippen molar-refractivity contribution in [1.82, 2.24) is 4.98 Å². The minimum absolute atomic E-state index is 0.0378. The molecule has 0 aliphatic carbocycles. The first-order valence-electron chi connectivity index (χ1n) is 9.37. The average Bonchev–Trinajstić information content (AvgIpc) is 2.73. The van der Waals surface area contributed by atoms with Crippen LogP contribution in [-0.4, -0.2) is 24.0 Å². The Kier molecular flexibility index (Phi) is 6.58. The van der Waals surface area contributed by atoms with Crippen LogP contribution in [0.5, 0.6) is 0 Å². The van der Waals surface area contributed by atoms with Crippen LogP contribution in [0.2, 0.25) is 0 Å². The van der Waals surface area contributed by atoms with E-state index in [0.717, 1.165) is 30.8 Å². The monoisotopic (exact) mass is 359 g/mol. The molecular weight excluding hydrogens is 334 g/mol. The zero-order valence-corrected chi connectivity index (χ0v) is 15.6. The van der Waals surface area contributed by atoms with Gasteiger partial charge in [0.25, 0.3) is 5.91 Å². The quantitative estimate of drug-likeness (QED) is 0.588. The third-order valence-electron chi connectivity index (χ3n) is 4.43. The number of benzene rings is 2. The molecule has 4 heteroatoms. The van der Waals surface area contributed by atoms with Crippen molar-refractivity contribution in [1.29, 1.82) is 0 Å². The summed E-state index contributed by atoms with van der Waals surface area (Å²) in [6, 6.07) is 22.0. The Morgan fingerprint density at radius 1 is 1.00 bits per heavy atom. The van der Waals surface area contributed by atoms with Crippen molar-refractivity contribution < 1.29 is 4.79 Å². The number of aryl methyl sites for hydroxylation is 1. The number of carbonyl (C=O) groups is 1. The van der Waals surface area contributed by atoms with Gasteiger partial charge in [-0.3, -0.25) is 9.78 Å². The summed E-state index contributed by atoms with van der Waals surface area (Å²) < 4.78 is 0. The van der Waals surface area contributed by atoms with E-state index in [4.69, 9.17) is 0 Å². The normalized spacial score (nSPS) is 10.4. The van der Waals surface area contributed by atoms with Gasteiger partial charge in [-0.2, -0.15) is 0 Å². The van der Waals surface area contributed by atoms with E-state index >= 15 is 0 Å². The number of hydrogen-bond donors (Lipinski definition) is 1. The molecule has 0 unspecified atom stereocenters. The number of carbonyl (C=O) groups excluding carboxylic acids is 1. The van der Waals surface area contributed by atoms with Gasteiger partial charge >= 0.3 is 0 Å². The van der Waals surface area contributed by atoms with Crippen LogP contribution in [0.3, 0.4) is 0 Å². The van der Waals surface area contributed by atoms with Crippen molar-refractivity contribution in [2.45, 2.75) is 19.8 Å². The van der Waals surface area contributed by atoms with Gasteiger partial charge in [-0.1, -0.05) is 48.5 Å². The summed E-state index contributed by atoms with van der Waals surface area (Å²) in [6.45, 7) is 3.42. The summed E-state index contributed by atoms with van der Waals surface area (Å²) >= 11 is 0. The molecule has 138 valence electrons. The Morgan fingerprint density at radius 3 is 2.41 bits per heavy atom. The van der Waals surface area contributed by atoms with Crippen molar-refractivity contribution in [3.8, 4) is 0 Å². The zero-order valence-electron chi connectivity index (χ0n) is 15.6. The molecule has 3 aromatic rings. The number of aromatic nitrogens is 1. The van der Waals surface area contributed by atoms with E-state index in [1.54, 1.807) is 17.3 Å². The molecule has 1 aromatic heterocycles. The van der Waals surface area contributed by atoms with Gasteiger partial charge in [-0.25, -0.2) is 0 Å². The van der Waals surface area contributed by atoms with E-state index in [0.29, 0.717) is 12.1 Å². The fourth-order valence-corrected chi connectivity index (χ4v) is 3.03. The van der Waals surface area contributed by atoms with Crippen LogP contribution in [0.1, 0.15) is 29.3 Å². The molecule has 4 nitrogen and oxygen atoms in total. The minimum atomic E-state index is -0.0378. The highest BCUT2D eigenvalue weighted by Crippen LogP contribution is 2.18. The molecule has 0 aliphatic rings. The lowest BCUT2D eigenvalue weighted by Crippen LogP contribution is -2.30. The third-order valence-corrected chi connectivity index (χ3v) is 4.43. The maximum atomic E-state index is 12.9. The predicted molar refractivity (Wildman–Crippen MR) is 111 cm³/mol. The van der Waals surface area contributed by atoms with Gasteiger partial charge in [0, 0.05) is 31.2 Å². The first-order valence-corrected chi connectivity index (χ1v) is 9.37. The van der Waals surface area contributed by atoms with Crippen molar-refractivity contribution >= 4 is 17.3 Å². The Hall–Kier alpha value is -3.14. The number of hydrogen-bond acceptors (Lipinski definition) is 3. The molecule has 0 spiro atoms. The zero-order chi connectivity index (χ0) is 18.9. The fraction of sp³-hybridized carbons (Fsp3) is 0.217. The molecule has 0 saturated carbocycles. The number of anilines is 2. The van der Waals surface area contributed by atoms with Crippen molar-refractivity contribution in [2.24, 2.45) is 0 Å². The second kappa shape index (κ2) is 9.53. The molecule has 1 amide bonds. The molecule has 1 N–H and O–H groups in total. The number of amides is 1. The van der Waals surface area contributed by atoms with E-state index in [-0.39, 0.29) is 5.91 Å². The Labute approximate surface area is 160 Å². The highest BCUT2D eigenvalue weighted by atomic mass is 16.2. The number of nitrogens with one attached hydrogen (secondary N) is 1. The van der Waals surface area contributed by atoms with Gasteiger partial charge in [-0.15, -0.1) is 0 Å². The van der Waals surface area contributed by atoms with Gasteiger partial charge in [0.2, 0.25) is 0 Å². The number of rotatable bonds is 8. The van der Waals surface area contributed by atoms with Crippen molar-refractivity contribution in [3.63, 3.8) is 0 Å². The van der Waals surface area contributed by atoms with Crippen LogP contribution < -0.4 is 10.2 Å². The summed E-state index contributed by atoms with van der Waals surface area (Å²) in [4.78, 5) is 18.9. The van der Waals surface area contributed by atoms with E-state index in [9.17, 15) is 4.79 Å². The molecule has 0 saturated heterocycles. The molecule has 2 aromatic carbocycles. The van der Waals surface area contributed by atoms with E-state index in [1.165, 1.54) is 5.56 Å². The Morgan fingerprint density at radius 2 is 1.70 bits per heavy atom. The van der Waals surface area contributed by atoms with Crippen LogP contribution in [0.25, 0.3) is 0 Å². The van der Waals surface area contributed by atoms with Gasteiger partial charge in [0.15, 0.2) is 0 Å². The summed E-state index contributed by atoms with van der Waals surface area (Å²) in [5.41, 5.74) is 3.70. The lowest BCUT2D eigenvalue weighted by atomic mass is 10.1. The molecule has 0 atom stereocenters. The molecule has 0 aliphatic heterocycles. The average molecular weight is 359 g/mol. The van der Waals surface area contributed by atoms with E-state index in [1.807, 2.05) is 49.4 Å². The molecule has 0 bridgehead atoms. The Bertz CT molecular complexity index is 850. The fourth-order valence-electron chi connectivity index (χ4n) is 3.03. The summed E-state index contributed by atoms with van der Waals surface area (Å²) in [7, 11) is 0. The van der Waals surface area contributed by atoms with Gasteiger partial charge in [-0.05, 0) is 43.5 Å². The summed E-state index contributed by atoms with van der Waals surface area (Å²) in [6.07, 6.45) is 5.44. The molecule has 3 rings (SSSR count). The van der Waals surface area contributed by atoms with Crippen LogP contribution in [-0.2, 0) is 6.42 Å².